The molecule has 1 aromatic heterocycles. The van der Waals surface area contributed by atoms with Gasteiger partial charge in [0.05, 0.1) is 29.2 Å². The van der Waals surface area contributed by atoms with Gasteiger partial charge >= 0.3 is 0 Å². The van der Waals surface area contributed by atoms with E-state index < -0.39 is 0 Å². The zero-order valence-corrected chi connectivity index (χ0v) is 9.82. The second-order valence-electron chi connectivity index (χ2n) is 3.46. The van der Waals surface area contributed by atoms with E-state index in [2.05, 4.69) is 16.8 Å². The summed E-state index contributed by atoms with van der Waals surface area (Å²) in [6.45, 7) is 4.14. The summed E-state index contributed by atoms with van der Waals surface area (Å²) in [6, 6.07) is 7.77. The monoisotopic (exact) mass is 249 g/mol. The van der Waals surface area contributed by atoms with Crippen LogP contribution in [0.5, 0.6) is 0 Å². The third-order valence-corrected chi connectivity index (χ3v) is 2.41. The summed E-state index contributed by atoms with van der Waals surface area (Å²) < 4.78 is 1.92. The van der Waals surface area contributed by atoms with Gasteiger partial charge in [-0.3, -0.25) is 0 Å². The van der Waals surface area contributed by atoms with Crippen molar-refractivity contribution in [1.82, 2.24) is 21.3 Å². The lowest BCUT2D eigenvalue weighted by Gasteiger charge is -2.12. The van der Waals surface area contributed by atoms with Gasteiger partial charge in [-0.25, -0.2) is 9.82 Å². The van der Waals surface area contributed by atoms with Crippen molar-refractivity contribution >= 4 is 11.0 Å². The summed E-state index contributed by atoms with van der Waals surface area (Å²) in [5.74, 6) is 0. The molecule has 0 bridgehead atoms. The maximum absolute atomic E-state index is 9.90. The first-order valence-electron chi connectivity index (χ1n) is 5.10. The molecule has 1 unspecified atom stereocenters. The molecule has 96 valence electrons. The first-order chi connectivity index (χ1) is 8.35. The third kappa shape index (κ3) is 2.90. The fourth-order valence-electron chi connectivity index (χ4n) is 1.60. The molecule has 2 aromatic rings. The van der Waals surface area contributed by atoms with Gasteiger partial charge in [0.2, 0.25) is 0 Å². The highest BCUT2D eigenvalue weighted by Crippen LogP contribution is 2.12. The van der Waals surface area contributed by atoms with Crippen LogP contribution in [0.4, 0.5) is 0 Å². The number of rotatable bonds is 6. The summed E-state index contributed by atoms with van der Waals surface area (Å²) in [4.78, 5) is 19.1. The van der Waals surface area contributed by atoms with E-state index in [4.69, 9.17) is 4.84 Å². The van der Waals surface area contributed by atoms with Crippen LogP contribution in [0.2, 0.25) is 0 Å². The van der Waals surface area contributed by atoms with Crippen molar-refractivity contribution in [2.75, 3.05) is 0 Å². The molecular formula is C11H15N5O2. The highest BCUT2D eigenvalue weighted by molar-refractivity contribution is 5.74. The van der Waals surface area contributed by atoms with Crippen molar-refractivity contribution in [3.63, 3.8) is 0 Å². The fourth-order valence-corrected chi connectivity index (χ4v) is 1.60. The minimum absolute atomic E-state index is 0. The predicted molar refractivity (Wildman–Crippen MR) is 68.8 cm³/mol. The van der Waals surface area contributed by atoms with Crippen LogP contribution in [0.1, 0.15) is 0 Å². The molecule has 0 saturated heterocycles. The normalized spacial score (nSPS) is 11.6. The van der Waals surface area contributed by atoms with Gasteiger partial charge in [-0.15, -0.1) is 17.1 Å². The number of nitroso groups, excluding NO2 is 1. The molecule has 0 amide bonds. The highest BCUT2D eigenvalue weighted by Gasteiger charge is 2.08. The van der Waals surface area contributed by atoms with Crippen molar-refractivity contribution in [3.8, 4) is 0 Å². The predicted octanol–water partition coefficient (Wildman–Crippen LogP) is 1.96. The molecule has 0 aliphatic heterocycles. The molecule has 18 heavy (non-hydrogen) atoms. The molecule has 0 spiro atoms. The van der Waals surface area contributed by atoms with E-state index >= 15 is 0 Å². The highest BCUT2D eigenvalue weighted by atomic mass is 16.7. The van der Waals surface area contributed by atoms with E-state index in [0.29, 0.717) is 6.54 Å². The summed E-state index contributed by atoms with van der Waals surface area (Å²) in [7, 11) is 0. The first kappa shape index (κ1) is 13.8. The smallest absolute Gasteiger partial charge is 0.123 e. The van der Waals surface area contributed by atoms with E-state index in [1.807, 2.05) is 34.4 Å². The van der Waals surface area contributed by atoms with E-state index in [1.165, 1.54) is 0 Å². The maximum atomic E-state index is 9.90. The molecular weight excluding hydrogens is 234 g/mol. The number of imidazole rings is 1. The van der Waals surface area contributed by atoms with Gasteiger partial charge in [-0.2, -0.15) is 0 Å². The van der Waals surface area contributed by atoms with Crippen molar-refractivity contribution in [1.29, 1.82) is 0 Å². The van der Waals surface area contributed by atoms with Crippen LogP contribution in [0, 0.1) is 4.91 Å². The van der Waals surface area contributed by atoms with Gasteiger partial charge in [0, 0.05) is 0 Å². The van der Waals surface area contributed by atoms with Gasteiger partial charge in [0.25, 0.3) is 0 Å². The van der Waals surface area contributed by atoms with Crippen LogP contribution in [-0.4, -0.2) is 15.7 Å². The molecule has 0 aliphatic carbocycles. The van der Waals surface area contributed by atoms with Gasteiger partial charge in [0.1, 0.15) is 6.10 Å². The lowest BCUT2D eigenvalue weighted by Crippen LogP contribution is -2.22. The Morgan fingerprint density at radius 2 is 2.33 bits per heavy atom. The van der Waals surface area contributed by atoms with Gasteiger partial charge in [-0.05, 0) is 12.1 Å². The quantitative estimate of drug-likeness (QED) is 0.462. The number of nitrogens with one attached hydrogen (secondary N) is 1. The molecule has 4 N–H and O–H groups in total. The van der Waals surface area contributed by atoms with E-state index in [9.17, 15) is 4.91 Å². The summed E-state index contributed by atoms with van der Waals surface area (Å²) >= 11 is 0. The number of fused-ring (bicyclic) bond motifs is 1. The molecule has 0 fully saturated rings. The number of hydrogen-bond donors (Lipinski definition) is 2. The Hall–Kier alpha value is -2.25. The number of aromatic nitrogens is 2. The van der Waals surface area contributed by atoms with Crippen molar-refractivity contribution in [2.24, 2.45) is 5.29 Å². The Labute approximate surface area is 104 Å². The maximum Gasteiger partial charge on any atom is 0.123 e. The standard InChI is InChI=1S/C11H12N4O2.H3N/c1-2-9(17-14-13-16)7-15-8-12-10-5-3-4-6-11(10)15;/h2-6,8-9H,1,7H2,(H,14,16);1H3. The second-order valence-corrected chi connectivity index (χ2v) is 3.46. The van der Waals surface area contributed by atoms with Crippen LogP contribution in [-0.2, 0) is 11.4 Å². The Morgan fingerprint density at radius 1 is 1.56 bits per heavy atom. The molecule has 0 saturated carbocycles. The van der Waals surface area contributed by atoms with Crippen molar-refractivity contribution < 1.29 is 4.84 Å². The van der Waals surface area contributed by atoms with Crippen LogP contribution in [0.3, 0.4) is 0 Å². The molecule has 2 rings (SSSR count). The Bertz CT molecular complexity index is 525. The molecule has 1 heterocycles. The minimum Gasteiger partial charge on any atom is -0.344 e. The largest absolute Gasteiger partial charge is 0.344 e. The zero-order valence-electron chi connectivity index (χ0n) is 9.82. The average molecular weight is 249 g/mol. The second kappa shape index (κ2) is 6.48. The molecule has 0 aliphatic rings. The third-order valence-electron chi connectivity index (χ3n) is 2.41. The van der Waals surface area contributed by atoms with Gasteiger partial charge in [0.15, 0.2) is 0 Å². The van der Waals surface area contributed by atoms with Crippen LogP contribution >= 0.6 is 0 Å². The lowest BCUT2D eigenvalue weighted by molar-refractivity contribution is -0.00639. The molecule has 7 heteroatoms. The van der Waals surface area contributed by atoms with Crippen molar-refractivity contribution in [2.45, 2.75) is 12.6 Å². The van der Waals surface area contributed by atoms with Crippen LogP contribution in [0.15, 0.2) is 48.5 Å². The minimum atomic E-state index is -0.356. The lowest BCUT2D eigenvalue weighted by atomic mass is 10.3. The average Bonchev–Trinajstić information content (AvgIpc) is 2.78. The molecule has 0 radical (unpaired) electrons. The molecule has 7 nitrogen and oxygen atoms in total. The number of nitrogens with zero attached hydrogens (tertiary/aromatic N) is 3. The summed E-state index contributed by atoms with van der Waals surface area (Å²) in [5.41, 5.74) is 3.84. The van der Waals surface area contributed by atoms with Crippen molar-refractivity contribution in [3.05, 3.63) is 48.2 Å². The summed E-state index contributed by atoms with van der Waals surface area (Å²) in [5, 5.41) is 2.42. The summed E-state index contributed by atoms with van der Waals surface area (Å²) in [6.07, 6.45) is 2.96. The Kier molecular flexibility index (Phi) is 4.97. The zero-order chi connectivity index (χ0) is 12.1. The van der Waals surface area contributed by atoms with Crippen LogP contribution in [0.25, 0.3) is 11.0 Å². The van der Waals surface area contributed by atoms with Gasteiger partial charge < -0.3 is 10.7 Å². The topological polar surface area (TPSA) is 104 Å². The van der Waals surface area contributed by atoms with E-state index in [0.717, 1.165) is 11.0 Å². The van der Waals surface area contributed by atoms with Gasteiger partial charge in [-0.1, -0.05) is 18.2 Å². The SMILES string of the molecule is C=CC(Cn1cnc2ccccc21)ONN=O.N. The first-order valence-corrected chi connectivity index (χ1v) is 5.10. The fraction of sp³-hybridized carbons (Fsp3) is 0.182. The van der Waals surface area contributed by atoms with E-state index in [1.54, 1.807) is 12.4 Å². The molecule has 1 aromatic carbocycles. The number of para-hydroxylation sites is 2. The molecule has 1 atom stereocenters. The van der Waals surface area contributed by atoms with E-state index in [-0.39, 0.29) is 12.3 Å². The number of hydrogen-bond acceptors (Lipinski definition) is 5. The Balaban J connectivity index is 0.00000162. The number of benzene rings is 1. The Morgan fingerprint density at radius 3 is 3.06 bits per heavy atom. The van der Waals surface area contributed by atoms with Crippen LogP contribution < -0.4 is 11.7 Å².